The van der Waals surface area contributed by atoms with E-state index in [0.717, 1.165) is 62.7 Å². The number of fused-ring (bicyclic) bond motifs is 1. The molecule has 1 aliphatic heterocycles. The second kappa shape index (κ2) is 7.53. The normalized spacial score (nSPS) is 17.1. The third kappa shape index (κ3) is 3.40. The van der Waals surface area contributed by atoms with Gasteiger partial charge in [-0.3, -0.25) is 15.0 Å². The molecule has 0 saturated heterocycles. The Balaban J connectivity index is 1.65. The van der Waals surface area contributed by atoms with Crippen molar-refractivity contribution in [3.63, 3.8) is 0 Å². The highest BCUT2D eigenvalue weighted by molar-refractivity contribution is 7.22. The van der Waals surface area contributed by atoms with E-state index in [4.69, 9.17) is 9.97 Å². The molecule has 1 aromatic carbocycles. The van der Waals surface area contributed by atoms with Crippen molar-refractivity contribution in [1.29, 1.82) is 0 Å². The molecule has 0 unspecified atom stereocenters. The summed E-state index contributed by atoms with van der Waals surface area (Å²) in [5, 5.41) is 1.78. The van der Waals surface area contributed by atoms with Crippen LogP contribution >= 0.6 is 11.3 Å². The Morgan fingerprint density at radius 3 is 2.45 bits per heavy atom. The molecule has 8 heteroatoms. The summed E-state index contributed by atoms with van der Waals surface area (Å²) in [5.74, 6) is 0.379. The van der Waals surface area contributed by atoms with Crippen LogP contribution in [0.5, 0.6) is 0 Å². The Bertz CT molecular complexity index is 1240. The average Bonchev–Trinajstić information content (AvgIpc) is 3.45. The third-order valence-corrected chi connectivity index (χ3v) is 7.19. The van der Waals surface area contributed by atoms with Gasteiger partial charge in [0.05, 0.1) is 5.39 Å². The van der Waals surface area contributed by atoms with Crippen molar-refractivity contribution in [1.82, 2.24) is 15.0 Å². The molecule has 1 saturated carbocycles. The van der Waals surface area contributed by atoms with E-state index in [1.165, 1.54) is 29.5 Å². The van der Waals surface area contributed by atoms with Crippen molar-refractivity contribution < 1.29 is 14.0 Å². The Morgan fingerprint density at radius 1 is 1.10 bits per heavy atom. The van der Waals surface area contributed by atoms with Crippen molar-refractivity contribution >= 4 is 39.2 Å². The molecule has 3 heterocycles. The second-order valence-electron chi connectivity index (χ2n) is 8.07. The molecule has 0 atom stereocenters. The smallest absolute Gasteiger partial charge is 0.271 e. The number of nitrogens with one attached hydrogen (secondary N) is 1. The summed E-state index contributed by atoms with van der Waals surface area (Å²) in [7, 11) is 0. The number of carbonyl (C=O) groups excluding carboxylic acids is 2. The van der Waals surface area contributed by atoms with Crippen molar-refractivity contribution in [2.45, 2.75) is 45.4 Å². The van der Waals surface area contributed by atoms with Gasteiger partial charge in [-0.15, -0.1) is 11.3 Å². The molecule has 2 aliphatic rings. The minimum atomic E-state index is -0.414. The predicted molar refractivity (Wildman–Crippen MR) is 118 cm³/mol. The highest BCUT2D eigenvalue weighted by Crippen LogP contribution is 2.42. The Hall–Kier alpha value is -3.13. The third-order valence-electron chi connectivity index (χ3n) is 5.95. The largest absolute Gasteiger partial charge is 0.275 e. The fourth-order valence-corrected chi connectivity index (χ4v) is 5.47. The maximum atomic E-state index is 13.4. The van der Waals surface area contributed by atoms with Crippen LogP contribution in [-0.4, -0.2) is 26.8 Å². The summed E-state index contributed by atoms with van der Waals surface area (Å²) in [6.07, 6.45) is 5.66. The van der Waals surface area contributed by atoms with E-state index < -0.39 is 5.91 Å². The second-order valence-corrected chi connectivity index (χ2v) is 9.07. The number of nitrogens with zero attached hydrogens (tertiary/aromatic N) is 3. The van der Waals surface area contributed by atoms with E-state index in [1.54, 1.807) is 19.1 Å². The zero-order chi connectivity index (χ0) is 21.7. The average molecular weight is 437 g/mol. The van der Waals surface area contributed by atoms with E-state index in [1.807, 2.05) is 6.92 Å². The van der Waals surface area contributed by atoms with Crippen molar-refractivity contribution in [3.8, 4) is 10.4 Å². The molecule has 2 aromatic heterocycles. The number of aryl methyl sites for hydroxylation is 1. The van der Waals surface area contributed by atoms with Crippen LogP contribution in [-0.2, 0) is 9.59 Å². The van der Waals surface area contributed by atoms with Gasteiger partial charge in [0.25, 0.3) is 11.8 Å². The fraction of sp³-hybridized carbons (Fsp3) is 0.304. The molecule has 2 amide bonds. The minimum absolute atomic E-state index is 0.270. The van der Waals surface area contributed by atoms with Gasteiger partial charge in [0, 0.05) is 22.4 Å². The van der Waals surface area contributed by atoms with Gasteiger partial charge >= 0.3 is 0 Å². The number of aromatic nitrogens is 2. The highest BCUT2D eigenvalue weighted by atomic mass is 32.1. The van der Waals surface area contributed by atoms with Gasteiger partial charge in [-0.2, -0.15) is 5.01 Å². The highest BCUT2D eigenvalue weighted by Gasteiger charge is 2.31. The minimum Gasteiger partial charge on any atom is -0.271 e. The number of benzene rings is 1. The lowest BCUT2D eigenvalue weighted by Gasteiger charge is -2.18. The van der Waals surface area contributed by atoms with Crippen molar-refractivity contribution in [2.75, 3.05) is 5.43 Å². The van der Waals surface area contributed by atoms with Gasteiger partial charge in [0.1, 0.15) is 16.5 Å². The number of imide groups is 1. The summed E-state index contributed by atoms with van der Waals surface area (Å²) in [6.45, 7) is 3.57. The number of amides is 2. The molecule has 0 spiro atoms. The fourth-order valence-electron chi connectivity index (χ4n) is 4.28. The molecule has 0 radical (unpaired) electrons. The van der Waals surface area contributed by atoms with Crippen molar-refractivity contribution in [3.05, 3.63) is 53.1 Å². The quantitative estimate of drug-likeness (QED) is 0.576. The number of carbonyl (C=O) groups is 2. The molecule has 5 rings (SSSR count). The van der Waals surface area contributed by atoms with Crippen LogP contribution in [0, 0.1) is 12.7 Å². The molecular weight excluding hydrogens is 415 g/mol. The van der Waals surface area contributed by atoms with E-state index >= 15 is 0 Å². The summed E-state index contributed by atoms with van der Waals surface area (Å²) < 4.78 is 13.4. The van der Waals surface area contributed by atoms with E-state index in [2.05, 4.69) is 5.43 Å². The SMILES string of the molecule is CC1=CC(=O)N(Nc2nc(C3CCCC3)nc3sc(-c4ccc(F)cc4)c(C)c23)C1=O. The molecular formula is C23H21FN4O2S. The van der Waals surface area contributed by atoms with Gasteiger partial charge in [-0.05, 0) is 49.9 Å². The van der Waals surface area contributed by atoms with E-state index in [9.17, 15) is 14.0 Å². The van der Waals surface area contributed by atoms with Gasteiger partial charge in [0.2, 0.25) is 0 Å². The molecule has 1 aliphatic carbocycles. The summed E-state index contributed by atoms with van der Waals surface area (Å²) in [4.78, 5) is 36.1. The topological polar surface area (TPSA) is 75.2 Å². The lowest BCUT2D eigenvalue weighted by molar-refractivity contribution is -0.135. The van der Waals surface area contributed by atoms with Crippen LogP contribution < -0.4 is 5.43 Å². The lowest BCUT2D eigenvalue weighted by atomic mass is 10.1. The van der Waals surface area contributed by atoms with Crippen LogP contribution in [0.2, 0.25) is 0 Å². The van der Waals surface area contributed by atoms with Gasteiger partial charge in [-0.1, -0.05) is 25.0 Å². The molecule has 0 bridgehead atoms. The van der Waals surface area contributed by atoms with Crippen LogP contribution in [0.15, 0.2) is 35.9 Å². The zero-order valence-electron chi connectivity index (χ0n) is 17.2. The Labute approximate surface area is 182 Å². The maximum absolute atomic E-state index is 13.4. The van der Waals surface area contributed by atoms with Gasteiger partial charge in [-0.25, -0.2) is 14.4 Å². The number of halogens is 1. The van der Waals surface area contributed by atoms with Crippen LogP contribution in [0.3, 0.4) is 0 Å². The summed E-state index contributed by atoms with van der Waals surface area (Å²) in [6, 6.07) is 6.35. The first-order valence-corrected chi connectivity index (χ1v) is 11.1. The number of anilines is 1. The number of hydrogen-bond donors (Lipinski definition) is 1. The number of hydrazine groups is 1. The first-order chi connectivity index (χ1) is 14.9. The molecule has 1 fully saturated rings. The first kappa shape index (κ1) is 19.8. The van der Waals surface area contributed by atoms with Crippen LogP contribution in [0.1, 0.15) is 49.9 Å². The number of hydrogen-bond acceptors (Lipinski definition) is 6. The Kier molecular flexibility index (Phi) is 4.81. The maximum Gasteiger partial charge on any atom is 0.275 e. The standard InChI is InChI=1S/C23H21FN4O2S/c1-12-11-17(29)28(23(12)30)27-21-18-13(2)19(14-7-9-16(24)10-8-14)31-22(18)26-20(25-21)15-5-3-4-6-15/h7-11,15H,3-6H2,1-2H3,(H,25,26,27). The van der Waals surface area contributed by atoms with Gasteiger partial charge in [0.15, 0.2) is 5.82 Å². The zero-order valence-corrected chi connectivity index (χ0v) is 18.1. The van der Waals surface area contributed by atoms with Crippen LogP contribution in [0.4, 0.5) is 10.2 Å². The molecule has 158 valence electrons. The number of thiophene rings is 1. The number of rotatable bonds is 4. The molecule has 1 N–H and O–H groups in total. The van der Waals surface area contributed by atoms with Gasteiger partial charge < -0.3 is 0 Å². The predicted octanol–water partition coefficient (Wildman–Crippen LogP) is 5.11. The first-order valence-electron chi connectivity index (χ1n) is 10.3. The molecule has 6 nitrogen and oxygen atoms in total. The Morgan fingerprint density at radius 2 is 1.81 bits per heavy atom. The molecule has 31 heavy (non-hydrogen) atoms. The monoisotopic (exact) mass is 436 g/mol. The van der Waals surface area contributed by atoms with E-state index in [0.29, 0.717) is 11.4 Å². The molecule has 3 aromatic rings. The van der Waals surface area contributed by atoms with Crippen LogP contribution in [0.25, 0.3) is 20.7 Å². The van der Waals surface area contributed by atoms with Crippen molar-refractivity contribution in [2.24, 2.45) is 0 Å². The summed E-state index contributed by atoms with van der Waals surface area (Å²) in [5.41, 5.74) is 5.17. The summed E-state index contributed by atoms with van der Waals surface area (Å²) >= 11 is 1.52. The van der Waals surface area contributed by atoms with E-state index in [-0.39, 0.29) is 17.6 Å². The lowest BCUT2D eigenvalue weighted by Crippen LogP contribution is -2.36.